The van der Waals surface area contributed by atoms with Gasteiger partial charge in [0.05, 0.1) is 5.75 Å². The smallest absolute Gasteiger partial charge is 0.313 e. The fraction of sp³-hybridized carbons (Fsp3) is 0.818. The van der Waals surface area contributed by atoms with E-state index in [1.807, 2.05) is 0 Å². The molecule has 2 N–H and O–H groups in total. The largest absolute Gasteiger partial charge is 0.481 e. The van der Waals surface area contributed by atoms with Crippen LogP contribution in [0, 0.1) is 0 Å². The van der Waals surface area contributed by atoms with E-state index < -0.39 is 5.97 Å². The average molecular weight is 245 g/mol. The highest BCUT2D eigenvalue weighted by Gasteiger charge is 2.15. The molecule has 0 unspecified atom stereocenters. The predicted octanol–water partition coefficient (Wildman–Crippen LogP) is 1.64. The summed E-state index contributed by atoms with van der Waals surface area (Å²) in [7, 11) is 0. The maximum Gasteiger partial charge on any atom is 0.313 e. The van der Waals surface area contributed by atoms with Crippen molar-refractivity contribution in [2.75, 3.05) is 11.5 Å². The summed E-state index contributed by atoms with van der Waals surface area (Å²) in [6, 6.07) is 0.353. The second-order valence-corrected chi connectivity index (χ2v) is 5.20. The first-order chi connectivity index (χ1) is 7.68. The van der Waals surface area contributed by atoms with Crippen molar-refractivity contribution in [2.45, 2.75) is 44.6 Å². The molecule has 0 spiro atoms. The van der Waals surface area contributed by atoms with E-state index in [0.29, 0.717) is 18.2 Å². The Morgan fingerprint density at radius 1 is 1.25 bits per heavy atom. The molecular formula is C11H19NO3S. The number of carbonyl (C=O) groups is 2. The Balaban J connectivity index is 2.03. The van der Waals surface area contributed by atoms with E-state index in [9.17, 15) is 9.59 Å². The minimum Gasteiger partial charge on any atom is -0.481 e. The standard InChI is InChI=1S/C11H19NO3S/c13-10(6-7-16-8-11(14)15)12-9-4-2-1-3-5-9/h9H,1-8H2,(H,12,13)(H,14,15). The Hall–Kier alpha value is -0.710. The van der Waals surface area contributed by atoms with Crippen molar-refractivity contribution in [2.24, 2.45) is 0 Å². The van der Waals surface area contributed by atoms with E-state index in [1.165, 1.54) is 31.0 Å². The summed E-state index contributed by atoms with van der Waals surface area (Å²) in [6.07, 6.45) is 6.30. The molecule has 0 atom stereocenters. The van der Waals surface area contributed by atoms with Crippen molar-refractivity contribution >= 4 is 23.6 Å². The van der Waals surface area contributed by atoms with Gasteiger partial charge in [-0.05, 0) is 12.8 Å². The first-order valence-corrected chi connectivity index (χ1v) is 6.93. The van der Waals surface area contributed by atoms with Gasteiger partial charge in [0, 0.05) is 18.2 Å². The average Bonchev–Trinajstić information content (AvgIpc) is 2.25. The molecule has 0 aromatic carbocycles. The Morgan fingerprint density at radius 3 is 2.56 bits per heavy atom. The van der Waals surface area contributed by atoms with Gasteiger partial charge in [0.1, 0.15) is 0 Å². The second kappa shape index (κ2) is 7.54. The Morgan fingerprint density at radius 2 is 1.94 bits per heavy atom. The Kier molecular flexibility index (Phi) is 6.30. The second-order valence-electron chi connectivity index (χ2n) is 4.10. The molecule has 0 aromatic heterocycles. The van der Waals surface area contributed by atoms with Crippen LogP contribution >= 0.6 is 11.8 Å². The number of nitrogens with one attached hydrogen (secondary N) is 1. The summed E-state index contributed by atoms with van der Waals surface area (Å²) < 4.78 is 0. The van der Waals surface area contributed by atoms with Gasteiger partial charge < -0.3 is 10.4 Å². The summed E-state index contributed by atoms with van der Waals surface area (Å²) in [6.45, 7) is 0. The van der Waals surface area contributed by atoms with E-state index in [2.05, 4.69) is 5.32 Å². The van der Waals surface area contributed by atoms with Crippen LogP contribution < -0.4 is 5.32 Å². The lowest BCUT2D eigenvalue weighted by Gasteiger charge is -2.22. The van der Waals surface area contributed by atoms with Crippen LogP contribution in [0.2, 0.25) is 0 Å². The third kappa shape index (κ3) is 6.00. The molecule has 1 aliphatic rings. The van der Waals surface area contributed by atoms with Crippen LogP contribution in [0.1, 0.15) is 38.5 Å². The van der Waals surface area contributed by atoms with Crippen molar-refractivity contribution in [3.8, 4) is 0 Å². The summed E-state index contributed by atoms with van der Waals surface area (Å²) in [5, 5.41) is 11.4. The van der Waals surface area contributed by atoms with Gasteiger partial charge in [0.25, 0.3) is 0 Å². The zero-order valence-corrected chi connectivity index (χ0v) is 10.2. The fourth-order valence-corrected chi connectivity index (χ4v) is 2.52. The van der Waals surface area contributed by atoms with E-state index in [0.717, 1.165) is 12.8 Å². The highest BCUT2D eigenvalue weighted by molar-refractivity contribution is 7.99. The number of rotatable bonds is 6. The van der Waals surface area contributed by atoms with Crippen LogP contribution in [0.3, 0.4) is 0 Å². The first-order valence-electron chi connectivity index (χ1n) is 5.77. The molecule has 16 heavy (non-hydrogen) atoms. The molecule has 92 valence electrons. The fourth-order valence-electron chi connectivity index (χ4n) is 1.87. The number of aliphatic carboxylic acids is 1. The van der Waals surface area contributed by atoms with E-state index in [-0.39, 0.29) is 11.7 Å². The SMILES string of the molecule is O=C(O)CSCCC(=O)NC1CCCCC1. The number of amides is 1. The summed E-state index contributed by atoms with van der Waals surface area (Å²) >= 11 is 1.29. The van der Waals surface area contributed by atoms with Gasteiger partial charge in [-0.25, -0.2) is 0 Å². The lowest BCUT2D eigenvalue weighted by Crippen LogP contribution is -2.36. The van der Waals surface area contributed by atoms with E-state index >= 15 is 0 Å². The topological polar surface area (TPSA) is 66.4 Å². The first kappa shape index (κ1) is 13.4. The van der Waals surface area contributed by atoms with Crippen LogP contribution in [-0.2, 0) is 9.59 Å². The molecule has 1 saturated carbocycles. The van der Waals surface area contributed by atoms with Gasteiger partial charge in [-0.3, -0.25) is 9.59 Å². The molecule has 1 fully saturated rings. The molecule has 5 heteroatoms. The molecule has 0 radical (unpaired) electrons. The molecule has 0 heterocycles. The zero-order valence-electron chi connectivity index (χ0n) is 9.41. The van der Waals surface area contributed by atoms with Gasteiger partial charge in [0.15, 0.2) is 0 Å². The number of carboxylic acid groups (broad SMARTS) is 1. The number of carboxylic acids is 1. The molecule has 0 aromatic rings. The van der Waals surface area contributed by atoms with Gasteiger partial charge in [-0.2, -0.15) is 0 Å². The lowest BCUT2D eigenvalue weighted by molar-refractivity contribution is -0.134. The molecule has 1 aliphatic carbocycles. The molecule has 1 amide bonds. The molecular weight excluding hydrogens is 226 g/mol. The number of hydrogen-bond acceptors (Lipinski definition) is 3. The van der Waals surface area contributed by atoms with Gasteiger partial charge >= 0.3 is 5.97 Å². The summed E-state index contributed by atoms with van der Waals surface area (Å²) in [4.78, 5) is 21.7. The molecule has 0 aliphatic heterocycles. The summed E-state index contributed by atoms with van der Waals surface area (Å²) in [5.74, 6) is -0.0934. The lowest BCUT2D eigenvalue weighted by atomic mass is 9.95. The normalized spacial score (nSPS) is 17.0. The minimum absolute atomic E-state index is 0.0600. The van der Waals surface area contributed by atoms with Crippen LogP contribution in [0.25, 0.3) is 0 Å². The van der Waals surface area contributed by atoms with Crippen LogP contribution in [-0.4, -0.2) is 34.5 Å². The monoisotopic (exact) mass is 245 g/mol. The molecule has 1 rings (SSSR count). The third-order valence-electron chi connectivity index (χ3n) is 2.67. The number of thioether (sulfide) groups is 1. The maximum absolute atomic E-state index is 11.5. The van der Waals surface area contributed by atoms with E-state index in [1.54, 1.807) is 0 Å². The Bertz CT molecular complexity index is 239. The van der Waals surface area contributed by atoms with Crippen molar-refractivity contribution < 1.29 is 14.7 Å². The molecule has 0 saturated heterocycles. The van der Waals surface area contributed by atoms with Gasteiger partial charge in [-0.1, -0.05) is 19.3 Å². The predicted molar refractivity (Wildman–Crippen MR) is 64.6 cm³/mol. The van der Waals surface area contributed by atoms with Crippen LogP contribution in [0.15, 0.2) is 0 Å². The number of carbonyl (C=O) groups excluding carboxylic acids is 1. The zero-order chi connectivity index (χ0) is 11.8. The quantitative estimate of drug-likeness (QED) is 0.698. The van der Waals surface area contributed by atoms with Gasteiger partial charge in [0.2, 0.25) is 5.91 Å². The van der Waals surface area contributed by atoms with E-state index in [4.69, 9.17) is 5.11 Å². The molecule has 4 nitrogen and oxygen atoms in total. The molecule has 0 bridgehead atoms. The van der Waals surface area contributed by atoms with Gasteiger partial charge in [-0.15, -0.1) is 11.8 Å². The highest BCUT2D eigenvalue weighted by Crippen LogP contribution is 2.17. The van der Waals surface area contributed by atoms with Crippen molar-refractivity contribution in [3.05, 3.63) is 0 Å². The van der Waals surface area contributed by atoms with Crippen molar-refractivity contribution in [1.29, 1.82) is 0 Å². The minimum atomic E-state index is -0.822. The third-order valence-corrected chi connectivity index (χ3v) is 3.61. The van der Waals surface area contributed by atoms with Crippen LogP contribution in [0.5, 0.6) is 0 Å². The maximum atomic E-state index is 11.5. The summed E-state index contributed by atoms with van der Waals surface area (Å²) in [5.41, 5.74) is 0. The Labute approximate surface area is 100 Å². The highest BCUT2D eigenvalue weighted by atomic mass is 32.2. The number of hydrogen-bond donors (Lipinski definition) is 2. The van der Waals surface area contributed by atoms with Crippen molar-refractivity contribution in [1.82, 2.24) is 5.32 Å². The van der Waals surface area contributed by atoms with Crippen LogP contribution in [0.4, 0.5) is 0 Å². The van der Waals surface area contributed by atoms with Crippen molar-refractivity contribution in [3.63, 3.8) is 0 Å².